The van der Waals surface area contributed by atoms with Crippen LogP contribution in [-0.2, 0) is 0 Å². The van der Waals surface area contributed by atoms with E-state index in [0.29, 0.717) is 12.1 Å². The van der Waals surface area contributed by atoms with Crippen molar-refractivity contribution in [3.05, 3.63) is 28.2 Å². The van der Waals surface area contributed by atoms with Crippen molar-refractivity contribution < 1.29 is 5.11 Å². The molecule has 1 aliphatic heterocycles. The van der Waals surface area contributed by atoms with E-state index in [4.69, 9.17) is 0 Å². The Morgan fingerprint density at radius 3 is 2.95 bits per heavy atom. The number of nitrogens with one attached hydrogen (secondary N) is 1. The summed E-state index contributed by atoms with van der Waals surface area (Å²) < 4.78 is 1.15. The predicted molar refractivity (Wildman–Crippen MR) is 83.8 cm³/mol. The van der Waals surface area contributed by atoms with Crippen LogP contribution in [0.25, 0.3) is 0 Å². The second-order valence-electron chi connectivity index (χ2n) is 5.35. The molecule has 0 amide bonds. The van der Waals surface area contributed by atoms with E-state index in [0.717, 1.165) is 30.4 Å². The van der Waals surface area contributed by atoms with E-state index >= 15 is 0 Å². The highest BCUT2D eigenvalue weighted by Crippen LogP contribution is 2.28. The van der Waals surface area contributed by atoms with Crippen molar-refractivity contribution in [3.63, 3.8) is 0 Å². The molecule has 1 fully saturated rings. The van der Waals surface area contributed by atoms with E-state index in [9.17, 15) is 5.11 Å². The van der Waals surface area contributed by atoms with E-state index in [1.54, 1.807) is 0 Å². The predicted octanol–water partition coefficient (Wildman–Crippen LogP) is 2.70. The molecule has 106 valence electrons. The van der Waals surface area contributed by atoms with Crippen LogP contribution in [0, 0.1) is 6.92 Å². The Hall–Kier alpha value is -0.580. The summed E-state index contributed by atoms with van der Waals surface area (Å²) in [5.74, 6) is 0. The van der Waals surface area contributed by atoms with Crippen molar-refractivity contribution in [2.45, 2.75) is 38.8 Å². The van der Waals surface area contributed by atoms with Crippen molar-refractivity contribution in [1.82, 2.24) is 5.32 Å². The number of aliphatic hydroxyl groups is 1. The molecule has 1 saturated heterocycles. The highest BCUT2D eigenvalue weighted by atomic mass is 79.9. The lowest BCUT2D eigenvalue weighted by atomic mass is 10.1. The molecule has 1 heterocycles. The van der Waals surface area contributed by atoms with Crippen LogP contribution in [0.4, 0.5) is 5.69 Å². The van der Waals surface area contributed by atoms with Crippen LogP contribution < -0.4 is 10.2 Å². The third kappa shape index (κ3) is 3.50. The van der Waals surface area contributed by atoms with Gasteiger partial charge in [0.25, 0.3) is 0 Å². The molecule has 0 spiro atoms. The Morgan fingerprint density at radius 1 is 1.47 bits per heavy atom. The Bertz CT molecular complexity index is 425. The van der Waals surface area contributed by atoms with E-state index in [1.807, 2.05) is 0 Å². The Kier molecular flexibility index (Phi) is 5.25. The number of halogens is 1. The first-order chi connectivity index (χ1) is 9.13. The summed E-state index contributed by atoms with van der Waals surface area (Å²) in [7, 11) is 0. The summed E-state index contributed by atoms with van der Waals surface area (Å²) in [5, 5.41) is 12.8. The second-order valence-corrected chi connectivity index (χ2v) is 6.20. The lowest BCUT2D eigenvalue weighted by molar-refractivity contribution is 0.271. The lowest BCUT2D eigenvalue weighted by Gasteiger charge is -2.36. The fourth-order valence-corrected chi connectivity index (χ4v) is 3.14. The monoisotopic (exact) mass is 326 g/mol. The molecule has 0 aromatic heterocycles. The van der Waals surface area contributed by atoms with E-state index in [1.165, 1.54) is 11.3 Å². The Balaban J connectivity index is 2.31. The van der Waals surface area contributed by atoms with Gasteiger partial charge < -0.3 is 15.3 Å². The van der Waals surface area contributed by atoms with Crippen molar-refractivity contribution in [2.24, 2.45) is 0 Å². The quantitative estimate of drug-likeness (QED) is 0.896. The van der Waals surface area contributed by atoms with Gasteiger partial charge in [-0.15, -0.1) is 0 Å². The normalized spacial score (nSPS) is 24.3. The number of aryl methyl sites for hydroxylation is 1. The van der Waals surface area contributed by atoms with Gasteiger partial charge in [-0.05, 0) is 50.9 Å². The van der Waals surface area contributed by atoms with Crippen molar-refractivity contribution in [2.75, 3.05) is 24.6 Å². The third-order valence-corrected chi connectivity index (χ3v) is 4.76. The molecule has 1 aliphatic rings. The zero-order chi connectivity index (χ0) is 13.8. The van der Waals surface area contributed by atoms with E-state index < -0.39 is 0 Å². The average molecular weight is 327 g/mol. The molecule has 0 aliphatic carbocycles. The van der Waals surface area contributed by atoms with Crippen LogP contribution >= 0.6 is 15.9 Å². The van der Waals surface area contributed by atoms with Crippen molar-refractivity contribution in [1.29, 1.82) is 0 Å². The second kappa shape index (κ2) is 6.73. The number of benzene rings is 1. The molecule has 4 heteroatoms. The van der Waals surface area contributed by atoms with Crippen molar-refractivity contribution >= 4 is 21.6 Å². The third-order valence-electron chi connectivity index (χ3n) is 3.90. The molecule has 2 atom stereocenters. The molecule has 2 N–H and O–H groups in total. The molecule has 0 saturated carbocycles. The fourth-order valence-electron chi connectivity index (χ4n) is 2.77. The molecule has 1 aromatic rings. The standard InChI is InChI=1S/C15H23BrN2O/c1-11-3-4-13(9-15(11)16)18-12(2)5-7-17-10-14(18)6-8-19/h3-4,9,12,14,17,19H,5-8,10H2,1-2H3. The first-order valence-corrected chi connectivity index (χ1v) is 7.79. The SMILES string of the molecule is Cc1ccc(N2C(C)CCNCC2CCO)cc1Br. The largest absolute Gasteiger partial charge is 0.396 e. The number of nitrogens with zero attached hydrogens (tertiary/aromatic N) is 1. The first kappa shape index (κ1) is 14.8. The zero-order valence-corrected chi connectivity index (χ0v) is 13.3. The zero-order valence-electron chi connectivity index (χ0n) is 11.7. The minimum atomic E-state index is 0.239. The maximum Gasteiger partial charge on any atom is 0.0451 e. The van der Waals surface area contributed by atoms with Gasteiger partial charge in [-0.2, -0.15) is 0 Å². The molecule has 1 aromatic carbocycles. The summed E-state index contributed by atoms with van der Waals surface area (Å²) >= 11 is 3.62. The molecule has 19 heavy (non-hydrogen) atoms. The summed E-state index contributed by atoms with van der Waals surface area (Å²) in [6, 6.07) is 7.38. The molecular formula is C15H23BrN2O. The van der Waals surface area contributed by atoms with Crippen LogP contribution in [0.5, 0.6) is 0 Å². The lowest BCUT2D eigenvalue weighted by Crippen LogP contribution is -2.44. The minimum Gasteiger partial charge on any atom is -0.396 e. The van der Waals surface area contributed by atoms with Crippen LogP contribution in [0.15, 0.2) is 22.7 Å². The van der Waals surface area contributed by atoms with Gasteiger partial charge in [0.2, 0.25) is 0 Å². The van der Waals surface area contributed by atoms with Crippen molar-refractivity contribution in [3.8, 4) is 0 Å². The fraction of sp³-hybridized carbons (Fsp3) is 0.600. The molecule has 3 nitrogen and oxygen atoms in total. The molecular weight excluding hydrogens is 304 g/mol. The smallest absolute Gasteiger partial charge is 0.0451 e. The Morgan fingerprint density at radius 2 is 2.26 bits per heavy atom. The first-order valence-electron chi connectivity index (χ1n) is 6.99. The molecule has 2 rings (SSSR count). The maximum atomic E-state index is 9.30. The molecule has 0 bridgehead atoms. The van der Waals surface area contributed by atoms with Gasteiger partial charge in [-0.1, -0.05) is 22.0 Å². The maximum absolute atomic E-state index is 9.30. The summed E-state index contributed by atoms with van der Waals surface area (Å²) in [6.45, 7) is 6.60. The minimum absolute atomic E-state index is 0.239. The number of rotatable bonds is 3. The van der Waals surface area contributed by atoms with Crippen LogP contribution in [0.1, 0.15) is 25.3 Å². The summed E-state index contributed by atoms with van der Waals surface area (Å²) in [6.07, 6.45) is 1.94. The van der Waals surface area contributed by atoms with Gasteiger partial charge in [0, 0.05) is 35.4 Å². The molecule has 0 radical (unpaired) electrons. The summed E-state index contributed by atoms with van der Waals surface area (Å²) in [5.41, 5.74) is 2.50. The van der Waals surface area contributed by atoms with Gasteiger partial charge in [0.1, 0.15) is 0 Å². The van der Waals surface area contributed by atoms with E-state index in [-0.39, 0.29) is 6.61 Å². The molecule has 2 unspecified atom stereocenters. The summed E-state index contributed by atoms with van der Waals surface area (Å²) in [4.78, 5) is 2.46. The van der Waals surface area contributed by atoms with Crippen LogP contribution in [0.2, 0.25) is 0 Å². The number of hydrogen-bond acceptors (Lipinski definition) is 3. The number of anilines is 1. The number of hydrogen-bond donors (Lipinski definition) is 2. The van der Waals surface area contributed by atoms with Gasteiger partial charge in [-0.25, -0.2) is 0 Å². The van der Waals surface area contributed by atoms with Gasteiger partial charge in [0.05, 0.1) is 0 Å². The average Bonchev–Trinajstić information content (AvgIpc) is 2.56. The van der Waals surface area contributed by atoms with Crippen LogP contribution in [-0.4, -0.2) is 36.9 Å². The van der Waals surface area contributed by atoms with Gasteiger partial charge in [0.15, 0.2) is 0 Å². The van der Waals surface area contributed by atoms with Crippen LogP contribution in [0.3, 0.4) is 0 Å². The highest BCUT2D eigenvalue weighted by Gasteiger charge is 2.26. The number of aliphatic hydroxyl groups excluding tert-OH is 1. The topological polar surface area (TPSA) is 35.5 Å². The Labute approximate surface area is 124 Å². The van der Waals surface area contributed by atoms with Gasteiger partial charge in [-0.3, -0.25) is 0 Å². The van der Waals surface area contributed by atoms with E-state index in [2.05, 4.69) is 58.2 Å². The highest BCUT2D eigenvalue weighted by molar-refractivity contribution is 9.10. The van der Waals surface area contributed by atoms with Gasteiger partial charge >= 0.3 is 0 Å².